The monoisotopic (exact) mass is 296 g/mol. The molecule has 1 heterocycles. The van der Waals surface area contributed by atoms with Crippen molar-refractivity contribution in [1.29, 1.82) is 0 Å². The Kier molecular flexibility index (Phi) is 4.96. The van der Waals surface area contributed by atoms with Gasteiger partial charge in [-0.1, -0.05) is 6.92 Å². The molecular weight excluding hydrogens is 281 g/mol. The molecule has 114 valence electrons. The number of halogens is 3. The van der Waals surface area contributed by atoms with Gasteiger partial charge >= 0.3 is 12.1 Å². The first kappa shape index (κ1) is 16.3. The summed E-state index contributed by atoms with van der Waals surface area (Å²) in [5.74, 6) is -3.64. The van der Waals surface area contributed by atoms with Crippen molar-refractivity contribution in [2.24, 2.45) is 5.92 Å². The van der Waals surface area contributed by atoms with Crippen LogP contribution in [0.5, 0.6) is 0 Å². The zero-order chi connectivity index (χ0) is 15.5. The van der Waals surface area contributed by atoms with Crippen molar-refractivity contribution in [2.75, 3.05) is 13.1 Å². The highest BCUT2D eigenvalue weighted by Gasteiger charge is 2.41. The number of aliphatic carboxylic acids is 1. The Bertz CT molecular complexity index is 411. The minimum Gasteiger partial charge on any atom is -0.480 e. The molecule has 1 unspecified atom stereocenters. The molecule has 0 aromatic carbocycles. The smallest absolute Gasteiger partial charge is 0.406 e. The molecule has 2 amide bonds. The molecule has 6 nitrogen and oxygen atoms in total. The van der Waals surface area contributed by atoms with E-state index in [4.69, 9.17) is 5.11 Å². The summed E-state index contributed by atoms with van der Waals surface area (Å²) in [5.41, 5.74) is 0. The molecule has 1 aliphatic heterocycles. The van der Waals surface area contributed by atoms with Crippen LogP contribution in [0.2, 0.25) is 0 Å². The van der Waals surface area contributed by atoms with Crippen LogP contribution in [0.3, 0.4) is 0 Å². The van der Waals surface area contributed by atoms with Crippen molar-refractivity contribution in [3.8, 4) is 0 Å². The molecule has 0 saturated carbocycles. The summed E-state index contributed by atoms with van der Waals surface area (Å²) in [6.45, 7) is -0.194. The van der Waals surface area contributed by atoms with Gasteiger partial charge in [0.05, 0.1) is 5.92 Å². The first-order valence-electron chi connectivity index (χ1n) is 6.01. The van der Waals surface area contributed by atoms with Gasteiger partial charge in [-0.15, -0.1) is 0 Å². The number of carbonyl (C=O) groups excluding carboxylic acids is 2. The fraction of sp³-hybridized carbons (Fsp3) is 0.727. The Morgan fingerprint density at radius 3 is 2.55 bits per heavy atom. The number of alkyl halides is 3. The maximum Gasteiger partial charge on any atom is 0.406 e. The maximum absolute atomic E-state index is 12.2. The van der Waals surface area contributed by atoms with E-state index >= 15 is 0 Å². The second-order valence-corrected chi connectivity index (χ2v) is 4.60. The third-order valence-electron chi connectivity index (χ3n) is 2.98. The first-order chi connectivity index (χ1) is 9.14. The molecule has 9 heteroatoms. The van der Waals surface area contributed by atoms with Crippen LogP contribution < -0.4 is 5.32 Å². The van der Waals surface area contributed by atoms with Crippen molar-refractivity contribution in [3.63, 3.8) is 0 Å². The molecule has 0 aromatic heterocycles. The maximum atomic E-state index is 12.2. The van der Waals surface area contributed by atoms with Gasteiger partial charge in [0.15, 0.2) is 0 Å². The average molecular weight is 296 g/mol. The van der Waals surface area contributed by atoms with Crippen LogP contribution in [0.1, 0.15) is 19.8 Å². The lowest BCUT2D eigenvalue weighted by molar-refractivity contribution is -0.157. The van der Waals surface area contributed by atoms with Gasteiger partial charge in [-0.25, -0.2) is 4.79 Å². The number of carbonyl (C=O) groups is 3. The Labute approximate surface area is 112 Å². The Hall–Kier alpha value is -1.80. The minimum atomic E-state index is -4.52. The second kappa shape index (κ2) is 6.10. The largest absolute Gasteiger partial charge is 0.480 e. The number of carboxylic acid groups (broad SMARTS) is 1. The van der Waals surface area contributed by atoms with Gasteiger partial charge in [-0.2, -0.15) is 13.2 Å². The molecule has 0 aromatic rings. The molecule has 1 aliphatic rings. The van der Waals surface area contributed by atoms with Crippen molar-refractivity contribution < 1.29 is 32.7 Å². The molecule has 20 heavy (non-hydrogen) atoms. The van der Waals surface area contributed by atoms with Gasteiger partial charge in [0.25, 0.3) is 0 Å². The number of amides is 2. The summed E-state index contributed by atoms with van der Waals surface area (Å²) in [6, 6.07) is -1.10. The van der Waals surface area contributed by atoms with E-state index in [1.807, 2.05) is 0 Å². The van der Waals surface area contributed by atoms with Crippen molar-refractivity contribution in [3.05, 3.63) is 0 Å². The summed E-state index contributed by atoms with van der Waals surface area (Å²) in [5, 5.41) is 11.0. The second-order valence-electron chi connectivity index (χ2n) is 4.60. The third-order valence-corrected chi connectivity index (χ3v) is 2.98. The number of likely N-dealkylation sites (tertiary alicyclic amines) is 1. The van der Waals surface area contributed by atoms with Crippen molar-refractivity contribution in [1.82, 2.24) is 10.2 Å². The Morgan fingerprint density at radius 1 is 1.50 bits per heavy atom. The lowest BCUT2D eigenvalue weighted by Crippen LogP contribution is -2.44. The van der Waals surface area contributed by atoms with Gasteiger partial charge in [0.2, 0.25) is 11.8 Å². The lowest BCUT2D eigenvalue weighted by atomic mass is 10.1. The molecule has 2 N–H and O–H groups in total. The third kappa shape index (κ3) is 4.39. The van der Waals surface area contributed by atoms with Crippen LogP contribution in [0, 0.1) is 5.92 Å². The number of nitrogens with zero attached hydrogens (tertiary/aromatic N) is 1. The topological polar surface area (TPSA) is 86.7 Å². The summed E-state index contributed by atoms with van der Waals surface area (Å²) >= 11 is 0. The highest BCUT2D eigenvalue weighted by atomic mass is 19.4. The van der Waals surface area contributed by atoms with E-state index in [1.165, 1.54) is 0 Å². The quantitative estimate of drug-likeness (QED) is 0.767. The lowest BCUT2D eigenvalue weighted by Gasteiger charge is -2.19. The van der Waals surface area contributed by atoms with Crippen LogP contribution in [0.15, 0.2) is 0 Å². The number of carboxylic acids is 1. The number of hydrogen-bond acceptors (Lipinski definition) is 3. The van der Waals surface area contributed by atoms with Gasteiger partial charge < -0.3 is 15.3 Å². The van der Waals surface area contributed by atoms with Crippen LogP contribution in [0.25, 0.3) is 0 Å². The molecule has 2 atom stereocenters. The number of nitrogens with one attached hydrogen (secondary N) is 1. The standard InChI is InChI=1S/C11H15F3N2O4/c1-2-7(10(19)20)15-9(18)6-3-8(17)16(4-6)5-11(12,13)14/h6-7H,2-5H2,1H3,(H,15,18)(H,19,20)/t6?,7-/m1/s1. The Morgan fingerprint density at radius 2 is 2.10 bits per heavy atom. The summed E-state index contributed by atoms with van der Waals surface area (Å²) in [7, 11) is 0. The van der Waals surface area contributed by atoms with E-state index in [9.17, 15) is 27.6 Å². The summed E-state index contributed by atoms with van der Waals surface area (Å²) < 4.78 is 36.6. The van der Waals surface area contributed by atoms with E-state index in [2.05, 4.69) is 5.32 Å². The highest BCUT2D eigenvalue weighted by Crippen LogP contribution is 2.24. The fourth-order valence-electron chi connectivity index (χ4n) is 1.95. The minimum absolute atomic E-state index is 0.147. The SMILES string of the molecule is CC[C@@H](NC(=O)C1CC(=O)N(CC(F)(F)F)C1)C(=O)O. The predicted molar refractivity (Wildman–Crippen MR) is 60.6 cm³/mol. The van der Waals surface area contributed by atoms with Gasteiger partial charge in [-0.05, 0) is 6.42 Å². The first-order valence-corrected chi connectivity index (χ1v) is 6.01. The number of rotatable bonds is 5. The normalized spacial score (nSPS) is 20.9. The van der Waals surface area contributed by atoms with Crippen molar-refractivity contribution in [2.45, 2.75) is 32.0 Å². The fourth-order valence-corrected chi connectivity index (χ4v) is 1.95. The predicted octanol–water partition coefficient (Wildman–Crippen LogP) is 0.377. The zero-order valence-electron chi connectivity index (χ0n) is 10.7. The molecule has 1 fully saturated rings. The zero-order valence-corrected chi connectivity index (χ0v) is 10.7. The van der Waals surface area contributed by atoms with Crippen LogP contribution in [-0.2, 0) is 14.4 Å². The van der Waals surface area contributed by atoms with E-state index in [0.29, 0.717) is 4.90 Å². The molecule has 0 bridgehead atoms. The Balaban J connectivity index is 2.60. The average Bonchev–Trinajstić information content (AvgIpc) is 2.65. The van der Waals surface area contributed by atoms with Gasteiger partial charge in [0, 0.05) is 13.0 Å². The summed E-state index contributed by atoms with van der Waals surface area (Å²) in [4.78, 5) is 34.4. The highest BCUT2D eigenvalue weighted by molar-refractivity contribution is 5.91. The van der Waals surface area contributed by atoms with Gasteiger partial charge in [0.1, 0.15) is 12.6 Å². The molecule has 0 spiro atoms. The molecule has 1 saturated heterocycles. The van der Waals surface area contributed by atoms with E-state index in [1.54, 1.807) is 6.92 Å². The molecule has 1 rings (SSSR count). The molecular formula is C11H15F3N2O4. The van der Waals surface area contributed by atoms with Crippen molar-refractivity contribution >= 4 is 17.8 Å². The van der Waals surface area contributed by atoms with Crippen LogP contribution in [0.4, 0.5) is 13.2 Å². The summed E-state index contributed by atoms with van der Waals surface area (Å²) in [6.07, 6.45) is -4.71. The van der Waals surface area contributed by atoms with Crippen LogP contribution >= 0.6 is 0 Å². The van der Waals surface area contributed by atoms with E-state index < -0.39 is 42.5 Å². The van der Waals surface area contributed by atoms with Crippen LogP contribution in [-0.4, -0.2) is 53.1 Å². The molecule has 0 radical (unpaired) electrons. The number of hydrogen-bond donors (Lipinski definition) is 2. The molecule has 0 aliphatic carbocycles. The van der Waals surface area contributed by atoms with Gasteiger partial charge in [-0.3, -0.25) is 9.59 Å². The van der Waals surface area contributed by atoms with E-state index in [-0.39, 0.29) is 19.4 Å². The van der Waals surface area contributed by atoms with E-state index in [0.717, 1.165) is 0 Å².